The Labute approximate surface area is 150 Å². The van der Waals surface area contributed by atoms with Crippen molar-refractivity contribution in [2.24, 2.45) is 0 Å². The van der Waals surface area contributed by atoms with Gasteiger partial charge in [0, 0.05) is 5.69 Å². The number of carbonyl (C=O) groups is 1. The molecule has 0 saturated heterocycles. The van der Waals surface area contributed by atoms with Gasteiger partial charge >= 0.3 is 5.97 Å². The number of carboxylic acids is 1. The van der Waals surface area contributed by atoms with Crippen molar-refractivity contribution in [2.75, 3.05) is 5.32 Å². The summed E-state index contributed by atoms with van der Waals surface area (Å²) in [5.74, 6) is -1.20. The van der Waals surface area contributed by atoms with Gasteiger partial charge in [0.15, 0.2) is 0 Å². The number of hydrogen-bond acceptors (Lipinski definition) is 4. The zero-order chi connectivity index (χ0) is 18.8. The van der Waals surface area contributed by atoms with Crippen LogP contribution in [0.25, 0.3) is 5.69 Å². The van der Waals surface area contributed by atoms with Crippen molar-refractivity contribution in [3.05, 3.63) is 70.8 Å². The number of hydrogen-bond donors (Lipinski definition) is 2. The highest BCUT2D eigenvalue weighted by atomic mass is 19.1. The summed E-state index contributed by atoms with van der Waals surface area (Å²) in [7, 11) is 0. The van der Waals surface area contributed by atoms with Crippen LogP contribution in [0.5, 0.6) is 0 Å². The summed E-state index contributed by atoms with van der Waals surface area (Å²) in [6.45, 7) is 5.39. The molecule has 7 heteroatoms. The predicted octanol–water partition coefficient (Wildman–Crippen LogP) is 3.89. The minimum atomic E-state index is -0.958. The highest BCUT2D eigenvalue weighted by molar-refractivity contribution is 5.89. The average molecular weight is 354 g/mol. The van der Waals surface area contributed by atoms with Crippen LogP contribution in [0.4, 0.5) is 10.1 Å². The van der Waals surface area contributed by atoms with Crippen LogP contribution in [-0.4, -0.2) is 26.1 Å². The molecule has 0 aliphatic carbocycles. The number of benzene rings is 2. The lowest BCUT2D eigenvalue weighted by Gasteiger charge is -2.13. The molecule has 1 unspecified atom stereocenters. The Kier molecular flexibility index (Phi) is 4.71. The van der Waals surface area contributed by atoms with Gasteiger partial charge in [0.1, 0.15) is 11.5 Å². The smallest absolute Gasteiger partial charge is 0.335 e. The normalized spacial score (nSPS) is 12.0. The van der Waals surface area contributed by atoms with E-state index in [4.69, 9.17) is 5.11 Å². The first-order valence-electron chi connectivity index (χ1n) is 8.14. The minimum absolute atomic E-state index is 0.131. The molecule has 0 amide bonds. The van der Waals surface area contributed by atoms with Crippen LogP contribution in [-0.2, 0) is 0 Å². The molecule has 1 atom stereocenters. The summed E-state index contributed by atoms with van der Waals surface area (Å²) in [6, 6.07) is 9.71. The molecule has 3 aromatic rings. The Morgan fingerprint density at radius 1 is 1.19 bits per heavy atom. The summed E-state index contributed by atoms with van der Waals surface area (Å²) in [5.41, 5.74) is 3.73. The average Bonchev–Trinajstić information content (AvgIpc) is 3.08. The van der Waals surface area contributed by atoms with Crippen molar-refractivity contribution in [1.29, 1.82) is 0 Å². The molecular formula is C19H19FN4O2. The molecule has 0 bridgehead atoms. The maximum atomic E-state index is 13.4. The van der Waals surface area contributed by atoms with Gasteiger partial charge in [-0.25, -0.2) is 13.9 Å². The Morgan fingerprint density at radius 2 is 1.96 bits per heavy atom. The summed E-state index contributed by atoms with van der Waals surface area (Å²) >= 11 is 0. The number of rotatable bonds is 5. The molecule has 1 heterocycles. The lowest BCUT2D eigenvalue weighted by molar-refractivity contribution is 0.0696. The first-order chi connectivity index (χ1) is 12.3. The van der Waals surface area contributed by atoms with Crippen molar-refractivity contribution in [3.8, 4) is 5.69 Å². The van der Waals surface area contributed by atoms with Crippen molar-refractivity contribution < 1.29 is 14.3 Å². The Balaban J connectivity index is 1.79. The third-order valence-electron chi connectivity index (χ3n) is 4.20. The van der Waals surface area contributed by atoms with Gasteiger partial charge in [-0.3, -0.25) is 0 Å². The van der Waals surface area contributed by atoms with Crippen LogP contribution in [0.1, 0.15) is 40.1 Å². The second kappa shape index (κ2) is 6.95. The molecule has 0 radical (unpaired) electrons. The minimum Gasteiger partial charge on any atom is -0.478 e. The molecule has 134 valence electrons. The monoisotopic (exact) mass is 354 g/mol. The summed E-state index contributed by atoms with van der Waals surface area (Å²) in [5, 5.41) is 20.7. The van der Waals surface area contributed by atoms with Gasteiger partial charge in [0.25, 0.3) is 0 Å². The third-order valence-corrected chi connectivity index (χ3v) is 4.20. The zero-order valence-electron chi connectivity index (χ0n) is 14.7. The highest BCUT2D eigenvalue weighted by Crippen LogP contribution is 2.21. The second-order valence-electron chi connectivity index (χ2n) is 6.22. The molecule has 26 heavy (non-hydrogen) atoms. The van der Waals surface area contributed by atoms with E-state index in [-0.39, 0.29) is 17.4 Å². The molecule has 0 aliphatic rings. The van der Waals surface area contributed by atoms with Crippen LogP contribution < -0.4 is 5.32 Å². The molecule has 3 rings (SSSR count). The molecule has 0 fully saturated rings. The van der Waals surface area contributed by atoms with Gasteiger partial charge in [-0.1, -0.05) is 5.21 Å². The van der Waals surface area contributed by atoms with Gasteiger partial charge in [-0.05, 0) is 68.3 Å². The standard InChI is InChI=1S/C19H19FN4O2/c1-11-9-15(5-6-16(11)19(25)26)24-10-18(22-23-24)13(3)21-14-4-7-17(20)12(2)8-14/h4-10,13,21H,1-3H3,(H,25,26). The van der Waals surface area contributed by atoms with Crippen LogP contribution in [0.3, 0.4) is 0 Å². The number of aromatic carboxylic acids is 1. The summed E-state index contributed by atoms with van der Waals surface area (Å²) in [4.78, 5) is 11.1. The molecular weight excluding hydrogens is 335 g/mol. The topological polar surface area (TPSA) is 80.0 Å². The quantitative estimate of drug-likeness (QED) is 0.726. The highest BCUT2D eigenvalue weighted by Gasteiger charge is 2.13. The number of anilines is 1. The number of carboxylic acid groups (broad SMARTS) is 1. The van der Waals surface area contributed by atoms with Crippen LogP contribution in [0.2, 0.25) is 0 Å². The fourth-order valence-electron chi connectivity index (χ4n) is 2.69. The lowest BCUT2D eigenvalue weighted by Crippen LogP contribution is -2.07. The van der Waals surface area contributed by atoms with E-state index in [1.165, 1.54) is 6.07 Å². The number of aryl methyl sites for hydroxylation is 2. The van der Waals surface area contributed by atoms with E-state index in [1.54, 1.807) is 55.1 Å². The van der Waals surface area contributed by atoms with Gasteiger partial charge in [0.2, 0.25) is 0 Å². The molecule has 2 N–H and O–H groups in total. The fraction of sp³-hybridized carbons (Fsp3) is 0.211. The molecule has 0 saturated carbocycles. The number of nitrogens with zero attached hydrogens (tertiary/aromatic N) is 3. The van der Waals surface area contributed by atoms with Crippen LogP contribution in [0, 0.1) is 19.7 Å². The van der Waals surface area contributed by atoms with Gasteiger partial charge in [-0.15, -0.1) is 5.10 Å². The van der Waals surface area contributed by atoms with E-state index in [1.807, 2.05) is 6.92 Å². The van der Waals surface area contributed by atoms with Gasteiger partial charge in [-0.2, -0.15) is 0 Å². The molecule has 6 nitrogen and oxygen atoms in total. The van der Waals surface area contributed by atoms with E-state index >= 15 is 0 Å². The number of aromatic nitrogens is 3. The number of nitrogens with one attached hydrogen (secondary N) is 1. The summed E-state index contributed by atoms with van der Waals surface area (Å²) in [6.07, 6.45) is 1.78. The van der Waals surface area contributed by atoms with E-state index in [0.29, 0.717) is 16.8 Å². The van der Waals surface area contributed by atoms with Crippen LogP contribution in [0.15, 0.2) is 42.6 Å². The van der Waals surface area contributed by atoms with E-state index in [9.17, 15) is 9.18 Å². The van der Waals surface area contributed by atoms with Crippen molar-refractivity contribution in [1.82, 2.24) is 15.0 Å². The Morgan fingerprint density at radius 3 is 2.62 bits per heavy atom. The maximum Gasteiger partial charge on any atom is 0.335 e. The first-order valence-corrected chi connectivity index (χ1v) is 8.14. The lowest BCUT2D eigenvalue weighted by atomic mass is 10.1. The number of halogens is 1. The van der Waals surface area contributed by atoms with Crippen molar-refractivity contribution in [2.45, 2.75) is 26.8 Å². The van der Waals surface area contributed by atoms with E-state index < -0.39 is 5.97 Å². The molecule has 2 aromatic carbocycles. The fourth-order valence-corrected chi connectivity index (χ4v) is 2.69. The molecule has 0 aliphatic heterocycles. The van der Waals surface area contributed by atoms with E-state index in [2.05, 4.69) is 15.6 Å². The predicted molar refractivity (Wildman–Crippen MR) is 96.2 cm³/mol. The Bertz CT molecular complexity index is 968. The van der Waals surface area contributed by atoms with Crippen molar-refractivity contribution >= 4 is 11.7 Å². The van der Waals surface area contributed by atoms with Crippen LogP contribution >= 0.6 is 0 Å². The van der Waals surface area contributed by atoms with Crippen molar-refractivity contribution in [3.63, 3.8) is 0 Å². The Hall–Kier alpha value is -3.22. The largest absolute Gasteiger partial charge is 0.478 e. The first kappa shape index (κ1) is 17.6. The SMILES string of the molecule is Cc1cc(NC(C)c2cn(-c3ccc(C(=O)O)c(C)c3)nn2)ccc1F. The maximum absolute atomic E-state index is 13.4. The van der Waals surface area contributed by atoms with E-state index in [0.717, 1.165) is 11.4 Å². The summed E-state index contributed by atoms with van der Waals surface area (Å²) < 4.78 is 15.0. The molecule has 0 spiro atoms. The second-order valence-corrected chi connectivity index (χ2v) is 6.22. The third kappa shape index (κ3) is 3.56. The van der Waals surface area contributed by atoms with Gasteiger partial charge < -0.3 is 10.4 Å². The molecule has 1 aromatic heterocycles. The van der Waals surface area contributed by atoms with Gasteiger partial charge in [0.05, 0.1) is 23.5 Å². The zero-order valence-corrected chi connectivity index (χ0v) is 14.7.